The third-order valence-corrected chi connectivity index (χ3v) is 4.81. The van der Waals surface area contributed by atoms with Crippen LogP contribution in [-0.2, 0) is 4.79 Å². The van der Waals surface area contributed by atoms with Crippen molar-refractivity contribution in [1.29, 1.82) is 0 Å². The Kier molecular flexibility index (Phi) is 6.80. The molecule has 0 heterocycles. The lowest BCUT2D eigenvalue weighted by atomic mass is 10.0. The molecule has 0 radical (unpaired) electrons. The molecule has 3 rings (SSSR count). The highest BCUT2D eigenvalue weighted by Crippen LogP contribution is 2.32. The molecule has 4 nitrogen and oxygen atoms in total. The van der Waals surface area contributed by atoms with E-state index in [2.05, 4.69) is 5.32 Å². The minimum Gasteiger partial charge on any atom is -0.482 e. The second-order valence-electron chi connectivity index (χ2n) is 6.26. The van der Waals surface area contributed by atoms with Crippen LogP contribution in [0.1, 0.15) is 21.5 Å². The van der Waals surface area contributed by atoms with Gasteiger partial charge in [0, 0.05) is 21.2 Å². The van der Waals surface area contributed by atoms with E-state index in [1.807, 2.05) is 6.07 Å². The van der Waals surface area contributed by atoms with Crippen molar-refractivity contribution in [1.82, 2.24) is 0 Å². The molecule has 3 aromatic carbocycles. The lowest BCUT2D eigenvalue weighted by Gasteiger charge is -2.13. The van der Waals surface area contributed by atoms with E-state index in [0.29, 0.717) is 37.6 Å². The molecule has 0 aliphatic carbocycles. The Bertz CT molecular complexity index is 1050. The Balaban J connectivity index is 1.77. The number of amides is 1. The summed E-state index contributed by atoms with van der Waals surface area (Å²) in [7, 11) is 0. The largest absolute Gasteiger partial charge is 0.482 e. The summed E-state index contributed by atoms with van der Waals surface area (Å²) in [6.07, 6.45) is 0. The van der Waals surface area contributed by atoms with E-state index in [1.165, 1.54) is 6.07 Å². The first kappa shape index (κ1) is 21.2. The van der Waals surface area contributed by atoms with Crippen molar-refractivity contribution in [2.24, 2.45) is 0 Å². The molecule has 1 N–H and O–H groups in total. The quantitative estimate of drug-likeness (QED) is 0.456. The standard InChI is InChI=1S/C22H16Cl3NO3/c1-13-9-16(24)11-18(25)22(13)29-12-20(27)26-19-8-7-15(23)10-17(19)21(28)14-5-3-2-4-6-14/h2-11H,12H2,1H3,(H,26,27). The molecule has 148 valence electrons. The number of aryl methyl sites for hydroxylation is 1. The highest BCUT2D eigenvalue weighted by molar-refractivity contribution is 6.35. The van der Waals surface area contributed by atoms with Gasteiger partial charge in [-0.25, -0.2) is 0 Å². The fourth-order valence-corrected chi connectivity index (χ4v) is 3.58. The summed E-state index contributed by atoms with van der Waals surface area (Å²) in [5, 5.41) is 3.88. The van der Waals surface area contributed by atoms with Crippen molar-refractivity contribution in [2.75, 3.05) is 11.9 Å². The molecule has 0 aliphatic rings. The Morgan fingerprint density at radius 1 is 0.931 bits per heavy atom. The summed E-state index contributed by atoms with van der Waals surface area (Å²) in [6.45, 7) is 1.49. The Hall–Kier alpha value is -2.53. The molecule has 0 saturated carbocycles. The van der Waals surface area contributed by atoms with E-state index in [0.717, 1.165) is 0 Å². The topological polar surface area (TPSA) is 55.4 Å². The van der Waals surface area contributed by atoms with Crippen LogP contribution in [0.2, 0.25) is 15.1 Å². The van der Waals surface area contributed by atoms with Gasteiger partial charge in [0.15, 0.2) is 12.4 Å². The van der Waals surface area contributed by atoms with Crippen LogP contribution in [-0.4, -0.2) is 18.3 Å². The van der Waals surface area contributed by atoms with E-state index in [-0.39, 0.29) is 18.0 Å². The van der Waals surface area contributed by atoms with Gasteiger partial charge >= 0.3 is 0 Å². The zero-order valence-electron chi connectivity index (χ0n) is 15.3. The maximum Gasteiger partial charge on any atom is 0.262 e. The Morgan fingerprint density at radius 3 is 2.34 bits per heavy atom. The highest BCUT2D eigenvalue weighted by Gasteiger charge is 2.17. The summed E-state index contributed by atoms with van der Waals surface area (Å²) in [5.41, 5.74) is 1.83. The van der Waals surface area contributed by atoms with Crippen LogP contribution in [0.4, 0.5) is 5.69 Å². The van der Waals surface area contributed by atoms with Gasteiger partial charge in [-0.15, -0.1) is 0 Å². The van der Waals surface area contributed by atoms with Gasteiger partial charge < -0.3 is 10.1 Å². The number of benzene rings is 3. The first-order chi connectivity index (χ1) is 13.8. The van der Waals surface area contributed by atoms with Crippen LogP contribution in [0.5, 0.6) is 5.75 Å². The fraction of sp³-hybridized carbons (Fsp3) is 0.0909. The van der Waals surface area contributed by atoms with Crippen molar-refractivity contribution < 1.29 is 14.3 Å². The van der Waals surface area contributed by atoms with Crippen molar-refractivity contribution in [2.45, 2.75) is 6.92 Å². The molecule has 0 atom stereocenters. The summed E-state index contributed by atoms with van der Waals surface area (Å²) < 4.78 is 5.55. The number of ether oxygens (including phenoxy) is 1. The van der Waals surface area contributed by atoms with Crippen LogP contribution in [0.15, 0.2) is 60.7 Å². The maximum absolute atomic E-state index is 12.8. The van der Waals surface area contributed by atoms with Crippen LogP contribution in [0, 0.1) is 6.92 Å². The zero-order chi connectivity index (χ0) is 21.0. The molecule has 1 amide bonds. The average Bonchev–Trinajstić information content (AvgIpc) is 2.68. The third kappa shape index (κ3) is 5.30. The first-order valence-corrected chi connectivity index (χ1v) is 9.76. The Labute approximate surface area is 183 Å². The molecule has 0 fully saturated rings. The molecule has 0 bridgehead atoms. The van der Waals surface area contributed by atoms with Gasteiger partial charge in [-0.2, -0.15) is 0 Å². The van der Waals surface area contributed by atoms with Gasteiger partial charge in [-0.1, -0.05) is 65.1 Å². The fourth-order valence-electron chi connectivity index (χ4n) is 2.75. The lowest BCUT2D eigenvalue weighted by molar-refractivity contribution is -0.118. The van der Waals surface area contributed by atoms with Gasteiger partial charge in [0.2, 0.25) is 0 Å². The molecular formula is C22H16Cl3NO3. The van der Waals surface area contributed by atoms with Gasteiger partial charge in [0.1, 0.15) is 5.75 Å². The molecule has 0 aliphatic heterocycles. The highest BCUT2D eigenvalue weighted by atomic mass is 35.5. The van der Waals surface area contributed by atoms with Crippen molar-refractivity contribution in [3.63, 3.8) is 0 Å². The van der Waals surface area contributed by atoms with Crippen LogP contribution in [0.3, 0.4) is 0 Å². The van der Waals surface area contributed by atoms with Crippen LogP contribution >= 0.6 is 34.8 Å². The van der Waals surface area contributed by atoms with Gasteiger partial charge in [-0.05, 0) is 42.8 Å². The minimum atomic E-state index is -0.445. The minimum absolute atomic E-state index is 0.249. The number of carbonyl (C=O) groups is 2. The predicted molar refractivity (Wildman–Crippen MR) is 117 cm³/mol. The number of carbonyl (C=O) groups excluding carboxylic acids is 2. The van der Waals surface area contributed by atoms with E-state index >= 15 is 0 Å². The SMILES string of the molecule is Cc1cc(Cl)cc(Cl)c1OCC(=O)Nc1ccc(Cl)cc1C(=O)c1ccccc1. The number of rotatable bonds is 6. The summed E-state index contributed by atoms with van der Waals surface area (Å²) in [5.74, 6) is -0.316. The predicted octanol–water partition coefficient (Wildman–Crippen LogP) is 6.20. The monoisotopic (exact) mass is 447 g/mol. The number of hydrogen-bond donors (Lipinski definition) is 1. The maximum atomic E-state index is 12.8. The molecule has 3 aromatic rings. The van der Waals surface area contributed by atoms with E-state index in [9.17, 15) is 9.59 Å². The molecule has 0 unspecified atom stereocenters. The second kappa shape index (κ2) is 9.31. The van der Waals surface area contributed by atoms with Crippen molar-refractivity contribution in [3.05, 3.63) is 92.4 Å². The molecule has 29 heavy (non-hydrogen) atoms. The average molecular weight is 449 g/mol. The molecule has 7 heteroatoms. The van der Waals surface area contributed by atoms with Crippen molar-refractivity contribution >= 4 is 52.2 Å². The number of halogens is 3. The lowest BCUT2D eigenvalue weighted by Crippen LogP contribution is -2.22. The number of hydrogen-bond acceptors (Lipinski definition) is 3. The van der Waals surface area contributed by atoms with E-state index < -0.39 is 5.91 Å². The summed E-state index contributed by atoms with van der Waals surface area (Å²) >= 11 is 18.1. The zero-order valence-corrected chi connectivity index (χ0v) is 17.6. The number of ketones is 1. The molecule has 0 saturated heterocycles. The smallest absolute Gasteiger partial charge is 0.262 e. The molecule has 0 aromatic heterocycles. The van der Waals surface area contributed by atoms with E-state index in [1.54, 1.807) is 55.5 Å². The number of anilines is 1. The molecule has 0 spiro atoms. The van der Waals surface area contributed by atoms with E-state index in [4.69, 9.17) is 39.5 Å². The normalized spacial score (nSPS) is 10.5. The van der Waals surface area contributed by atoms with Crippen LogP contribution < -0.4 is 10.1 Å². The second-order valence-corrected chi connectivity index (χ2v) is 7.54. The van der Waals surface area contributed by atoms with Crippen LogP contribution in [0.25, 0.3) is 0 Å². The van der Waals surface area contributed by atoms with Gasteiger partial charge in [-0.3, -0.25) is 9.59 Å². The Morgan fingerprint density at radius 2 is 1.66 bits per heavy atom. The first-order valence-electron chi connectivity index (χ1n) is 8.62. The van der Waals surface area contributed by atoms with Gasteiger partial charge in [0.25, 0.3) is 5.91 Å². The summed E-state index contributed by atoms with van der Waals surface area (Å²) in [4.78, 5) is 25.3. The third-order valence-electron chi connectivity index (χ3n) is 4.08. The summed E-state index contributed by atoms with van der Waals surface area (Å²) in [6, 6.07) is 16.7. The number of nitrogens with one attached hydrogen (secondary N) is 1. The van der Waals surface area contributed by atoms with Crippen molar-refractivity contribution in [3.8, 4) is 5.75 Å². The van der Waals surface area contributed by atoms with Gasteiger partial charge in [0.05, 0.1) is 10.7 Å². The molecular weight excluding hydrogens is 433 g/mol.